The molecule has 1 fully saturated rings. The van der Waals surface area contributed by atoms with E-state index in [-0.39, 0.29) is 12.8 Å². The Hall–Kier alpha value is -1.97. The van der Waals surface area contributed by atoms with Gasteiger partial charge in [-0.15, -0.1) is 0 Å². The fourth-order valence-corrected chi connectivity index (χ4v) is 2.54. The fourth-order valence-electron chi connectivity index (χ4n) is 2.54. The SMILES string of the molecule is CCOC(=O)C1(/C=C\c2ccc3c(c2)OCO3)CCC1. The molecule has 1 aliphatic carbocycles. The summed E-state index contributed by atoms with van der Waals surface area (Å²) in [4.78, 5) is 12.0. The van der Waals surface area contributed by atoms with Crippen LogP contribution in [0.4, 0.5) is 0 Å². The zero-order chi connectivity index (χ0) is 14.0. The summed E-state index contributed by atoms with van der Waals surface area (Å²) in [6.45, 7) is 2.54. The third-order valence-corrected chi connectivity index (χ3v) is 3.92. The zero-order valence-electron chi connectivity index (χ0n) is 11.6. The molecule has 0 spiro atoms. The summed E-state index contributed by atoms with van der Waals surface area (Å²) < 4.78 is 15.8. The van der Waals surface area contributed by atoms with Gasteiger partial charge in [-0.05, 0) is 37.5 Å². The summed E-state index contributed by atoms with van der Waals surface area (Å²) in [5, 5.41) is 0. The van der Waals surface area contributed by atoms with E-state index in [9.17, 15) is 4.79 Å². The molecule has 1 aromatic rings. The maximum atomic E-state index is 12.0. The smallest absolute Gasteiger partial charge is 0.315 e. The molecule has 0 aromatic heterocycles. The molecule has 2 aliphatic rings. The number of esters is 1. The molecule has 106 valence electrons. The Morgan fingerprint density at radius 3 is 2.85 bits per heavy atom. The molecule has 1 aromatic carbocycles. The third-order valence-electron chi connectivity index (χ3n) is 3.92. The standard InChI is InChI=1S/C16H18O4/c1-2-18-15(17)16(7-3-8-16)9-6-12-4-5-13-14(10-12)20-11-19-13/h4-6,9-10H,2-3,7-8,11H2,1H3/b9-6-. The Bertz CT molecular complexity index is 543. The highest BCUT2D eigenvalue weighted by molar-refractivity contribution is 5.81. The summed E-state index contributed by atoms with van der Waals surface area (Å²) in [6, 6.07) is 5.78. The zero-order valence-corrected chi connectivity index (χ0v) is 11.6. The normalized spacial score (nSPS) is 18.9. The number of hydrogen-bond donors (Lipinski definition) is 0. The molecule has 0 N–H and O–H groups in total. The van der Waals surface area contributed by atoms with Crippen LogP contribution in [0.1, 0.15) is 31.7 Å². The molecular formula is C16H18O4. The van der Waals surface area contributed by atoms with Gasteiger partial charge in [0, 0.05) is 0 Å². The monoisotopic (exact) mass is 274 g/mol. The Kier molecular flexibility index (Phi) is 3.38. The number of benzene rings is 1. The minimum atomic E-state index is -0.424. The Balaban J connectivity index is 1.77. The molecule has 0 unspecified atom stereocenters. The number of ether oxygens (including phenoxy) is 3. The second kappa shape index (κ2) is 5.19. The first kappa shape index (κ1) is 13.0. The van der Waals surface area contributed by atoms with Crippen LogP contribution in [-0.4, -0.2) is 19.4 Å². The minimum Gasteiger partial charge on any atom is -0.465 e. The van der Waals surface area contributed by atoms with Crippen molar-refractivity contribution in [3.63, 3.8) is 0 Å². The molecule has 1 heterocycles. The Labute approximate surface area is 118 Å². The molecule has 0 saturated heterocycles. The second-order valence-electron chi connectivity index (χ2n) is 5.18. The van der Waals surface area contributed by atoms with Gasteiger partial charge in [-0.3, -0.25) is 4.79 Å². The highest BCUT2D eigenvalue weighted by Crippen LogP contribution is 2.44. The van der Waals surface area contributed by atoms with E-state index >= 15 is 0 Å². The Morgan fingerprint density at radius 1 is 1.35 bits per heavy atom. The van der Waals surface area contributed by atoms with Gasteiger partial charge in [0.1, 0.15) is 0 Å². The lowest BCUT2D eigenvalue weighted by atomic mass is 9.68. The summed E-state index contributed by atoms with van der Waals surface area (Å²) in [5.41, 5.74) is 0.580. The molecular weight excluding hydrogens is 256 g/mol. The summed E-state index contributed by atoms with van der Waals surface area (Å²) >= 11 is 0. The number of carbonyl (C=O) groups is 1. The number of hydrogen-bond acceptors (Lipinski definition) is 4. The lowest BCUT2D eigenvalue weighted by Gasteiger charge is -2.36. The molecule has 20 heavy (non-hydrogen) atoms. The van der Waals surface area contributed by atoms with E-state index in [2.05, 4.69) is 0 Å². The molecule has 0 bridgehead atoms. The van der Waals surface area contributed by atoms with Crippen LogP contribution >= 0.6 is 0 Å². The average molecular weight is 274 g/mol. The number of fused-ring (bicyclic) bond motifs is 1. The van der Waals surface area contributed by atoms with Crippen molar-refractivity contribution in [3.8, 4) is 11.5 Å². The van der Waals surface area contributed by atoms with E-state index in [1.807, 2.05) is 37.3 Å². The van der Waals surface area contributed by atoms with Gasteiger partial charge in [0.2, 0.25) is 6.79 Å². The topological polar surface area (TPSA) is 44.8 Å². The van der Waals surface area contributed by atoms with E-state index in [0.717, 1.165) is 36.3 Å². The highest BCUT2D eigenvalue weighted by Gasteiger charge is 2.43. The molecule has 4 nitrogen and oxygen atoms in total. The van der Waals surface area contributed by atoms with Gasteiger partial charge in [-0.25, -0.2) is 0 Å². The highest BCUT2D eigenvalue weighted by atomic mass is 16.7. The van der Waals surface area contributed by atoms with Crippen molar-refractivity contribution < 1.29 is 19.0 Å². The van der Waals surface area contributed by atoms with Gasteiger partial charge in [0.25, 0.3) is 0 Å². The number of carbonyl (C=O) groups excluding carboxylic acids is 1. The Morgan fingerprint density at radius 2 is 2.15 bits per heavy atom. The first-order valence-electron chi connectivity index (χ1n) is 7.00. The van der Waals surface area contributed by atoms with Gasteiger partial charge < -0.3 is 14.2 Å². The molecule has 3 rings (SSSR count). The van der Waals surface area contributed by atoms with E-state index in [1.165, 1.54) is 0 Å². The van der Waals surface area contributed by atoms with Crippen molar-refractivity contribution in [2.45, 2.75) is 26.2 Å². The molecule has 0 amide bonds. The van der Waals surface area contributed by atoms with Gasteiger partial charge in [-0.2, -0.15) is 0 Å². The third kappa shape index (κ3) is 2.26. The quantitative estimate of drug-likeness (QED) is 0.791. The van der Waals surface area contributed by atoms with Crippen LogP contribution in [0.2, 0.25) is 0 Å². The van der Waals surface area contributed by atoms with Crippen molar-refractivity contribution in [1.29, 1.82) is 0 Å². The predicted molar refractivity (Wildman–Crippen MR) is 74.5 cm³/mol. The van der Waals surface area contributed by atoms with E-state index in [0.29, 0.717) is 6.61 Å². The van der Waals surface area contributed by atoms with Crippen molar-refractivity contribution in [3.05, 3.63) is 29.8 Å². The lowest BCUT2D eigenvalue weighted by molar-refractivity contribution is -0.156. The molecule has 0 atom stereocenters. The largest absolute Gasteiger partial charge is 0.465 e. The van der Waals surface area contributed by atoms with Gasteiger partial charge >= 0.3 is 5.97 Å². The predicted octanol–water partition coefficient (Wildman–Crippen LogP) is 3.16. The summed E-state index contributed by atoms with van der Waals surface area (Å²) in [6.07, 6.45) is 6.76. The first-order chi connectivity index (χ1) is 9.73. The second-order valence-corrected chi connectivity index (χ2v) is 5.18. The fraction of sp³-hybridized carbons (Fsp3) is 0.438. The maximum Gasteiger partial charge on any atom is 0.315 e. The van der Waals surface area contributed by atoms with Crippen LogP contribution in [0.15, 0.2) is 24.3 Å². The number of rotatable bonds is 4. The van der Waals surface area contributed by atoms with Gasteiger partial charge in [-0.1, -0.05) is 24.6 Å². The van der Waals surface area contributed by atoms with E-state index < -0.39 is 5.41 Å². The molecule has 4 heteroatoms. The minimum absolute atomic E-state index is 0.108. The van der Waals surface area contributed by atoms with Crippen molar-refractivity contribution >= 4 is 12.0 Å². The van der Waals surface area contributed by atoms with Crippen LogP contribution in [0.3, 0.4) is 0 Å². The molecule has 1 aliphatic heterocycles. The average Bonchev–Trinajstić information content (AvgIpc) is 2.85. The van der Waals surface area contributed by atoms with Crippen molar-refractivity contribution in [2.24, 2.45) is 5.41 Å². The summed E-state index contributed by atoms with van der Waals surface area (Å²) in [5.74, 6) is 1.42. The lowest BCUT2D eigenvalue weighted by Crippen LogP contribution is -2.37. The van der Waals surface area contributed by atoms with Crippen molar-refractivity contribution in [1.82, 2.24) is 0 Å². The van der Waals surface area contributed by atoms with Crippen LogP contribution in [0, 0.1) is 5.41 Å². The van der Waals surface area contributed by atoms with E-state index in [4.69, 9.17) is 14.2 Å². The van der Waals surface area contributed by atoms with E-state index in [1.54, 1.807) is 0 Å². The van der Waals surface area contributed by atoms with Crippen LogP contribution < -0.4 is 9.47 Å². The molecule has 0 radical (unpaired) electrons. The van der Waals surface area contributed by atoms with Gasteiger partial charge in [0.05, 0.1) is 12.0 Å². The van der Waals surface area contributed by atoms with Gasteiger partial charge in [0.15, 0.2) is 11.5 Å². The summed E-state index contributed by atoms with van der Waals surface area (Å²) in [7, 11) is 0. The van der Waals surface area contributed by atoms with Crippen molar-refractivity contribution in [2.75, 3.05) is 13.4 Å². The van der Waals surface area contributed by atoms with Crippen LogP contribution in [0.25, 0.3) is 6.08 Å². The first-order valence-corrected chi connectivity index (χ1v) is 7.00. The van der Waals surface area contributed by atoms with Crippen LogP contribution in [-0.2, 0) is 9.53 Å². The van der Waals surface area contributed by atoms with Crippen LogP contribution in [0.5, 0.6) is 11.5 Å². The maximum absolute atomic E-state index is 12.0. The molecule has 1 saturated carbocycles.